The molecule has 0 bridgehead atoms. The predicted molar refractivity (Wildman–Crippen MR) is 139 cm³/mol. The molecule has 3 aromatic rings. The molecule has 1 unspecified atom stereocenters. The molecule has 2 aliphatic rings. The van der Waals surface area contributed by atoms with Gasteiger partial charge in [0, 0.05) is 19.6 Å². The Morgan fingerprint density at radius 1 is 1.17 bits per heavy atom. The SMILES string of the molecule is NC(=O)N1CCOCC1CCCN(CCc1ccc(Oc2nc3ccccc3s2)cc1)CC1CC1. The van der Waals surface area contributed by atoms with Crippen LogP contribution >= 0.6 is 11.3 Å². The largest absolute Gasteiger partial charge is 0.431 e. The molecule has 7 nitrogen and oxygen atoms in total. The zero-order valence-corrected chi connectivity index (χ0v) is 20.9. The van der Waals surface area contributed by atoms with E-state index in [1.807, 2.05) is 30.3 Å². The Labute approximate surface area is 210 Å². The third kappa shape index (κ3) is 6.72. The van der Waals surface area contributed by atoms with Crippen LogP contribution in [0.3, 0.4) is 0 Å². The van der Waals surface area contributed by atoms with Gasteiger partial charge in [0.2, 0.25) is 0 Å². The van der Waals surface area contributed by atoms with Gasteiger partial charge in [-0.05, 0) is 74.4 Å². The molecule has 2 fully saturated rings. The summed E-state index contributed by atoms with van der Waals surface area (Å²) >= 11 is 1.56. The minimum Gasteiger partial charge on any atom is -0.431 e. The molecule has 5 rings (SSSR count). The zero-order valence-electron chi connectivity index (χ0n) is 20.1. The lowest BCUT2D eigenvalue weighted by atomic mass is 10.1. The van der Waals surface area contributed by atoms with E-state index in [-0.39, 0.29) is 12.1 Å². The van der Waals surface area contributed by atoms with Crippen molar-refractivity contribution in [2.75, 3.05) is 39.4 Å². The quantitative estimate of drug-likeness (QED) is 0.410. The number of morpholine rings is 1. The number of rotatable bonds is 11. The van der Waals surface area contributed by atoms with E-state index >= 15 is 0 Å². The summed E-state index contributed by atoms with van der Waals surface area (Å²) in [6, 6.07) is 16.2. The number of hydrogen-bond acceptors (Lipinski definition) is 6. The molecule has 0 spiro atoms. The number of fused-ring (bicyclic) bond motifs is 1. The van der Waals surface area contributed by atoms with Crippen LogP contribution in [0.15, 0.2) is 48.5 Å². The summed E-state index contributed by atoms with van der Waals surface area (Å²) in [5, 5.41) is 0.674. The van der Waals surface area contributed by atoms with Gasteiger partial charge >= 0.3 is 6.03 Å². The number of primary amides is 1. The van der Waals surface area contributed by atoms with Crippen molar-refractivity contribution in [2.45, 2.75) is 38.1 Å². The Bertz CT molecular complexity index is 1080. The average molecular weight is 495 g/mol. The summed E-state index contributed by atoms with van der Waals surface area (Å²) in [6.45, 7) is 5.02. The van der Waals surface area contributed by atoms with Crippen molar-refractivity contribution in [3.8, 4) is 10.9 Å². The number of ether oxygens (including phenoxy) is 2. The summed E-state index contributed by atoms with van der Waals surface area (Å²) in [6.07, 6.45) is 5.68. The summed E-state index contributed by atoms with van der Waals surface area (Å²) in [5.74, 6) is 1.66. The number of para-hydroxylation sites is 1. The molecule has 1 saturated heterocycles. The topological polar surface area (TPSA) is 80.9 Å². The lowest BCUT2D eigenvalue weighted by Gasteiger charge is -2.34. The number of carbonyl (C=O) groups is 1. The molecular weight excluding hydrogens is 460 g/mol. The normalized spacial score (nSPS) is 18.3. The highest BCUT2D eigenvalue weighted by molar-refractivity contribution is 7.20. The van der Waals surface area contributed by atoms with Crippen molar-refractivity contribution in [1.29, 1.82) is 0 Å². The van der Waals surface area contributed by atoms with E-state index in [0.29, 0.717) is 25.0 Å². The Balaban J connectivity index is 1.11. The molecule has 2 aromatic carbocycles. The van der Waals surface area contributed by atoms with Crippen LogP contribution in [0.2, 0.25) is 0 Å². The van der Waals surface area contributed by atoms with Gasteiger partial charge in [-0.1, -0.05) is 35.6 Å². The van der Waals surface area contributed by atoms with E-state index in [0.717, 1.165) is 54.2 Å². The summed E-state index contributed by atoms with van der Waals surface area (Å²) in [7, 11) is 0. The highest BCUT2D eigenvalue weighted by Gasteiger charge is 2.27. The number of amides is 2. The second-order valence-corrected chi connectivity index (χ2v) is 10.6. The van der Waals surface area contributed by atoms with Gasteiger partial charge in [-0.25, -0.2) is 9.78 Å². The third-order valence-corrected chi connectivity index (χ3v) is 7.77. The summed E-state index contributed by atoms with van der Waals surface area (Å²) in [5.41, 5.74) is 7.83. The molecule has 2 N–H and O–H groups in total. The van der Waals surface area contributed by atoms with Crippen molar-refractivity contribution in [2.24, 2.45) is 11.7 Å². The van der Waals surface area contributed by atoms with Gasteiger partial charge in [-0.2, -0.15) is 0 Å². The Hall–Kier alpha value is -2.68. The number of nitrogens with two attached hydrogens (primary N) is 1. The second-order valence-electron chi connectivity index (χ2n) is 9.59. The highest BCUT2D eigenvalue weighted by atomic mass is 32.1. The van der Waals surface area contributed by atoms with E-state index in [2.05, 4.69) is 28.1 Å². The molecule has 1 aromatic heterocycles. The zero-order chi connectivity index (χ0) is 24.0. The van der Waals surface area contributed by atoms with Crippen molar-refractivity contribution >= 4 is 27.6 Å². The van der Waals surface area contributed by atoms with Crippen LogP contribution in [0, 0.1) is 5.92 Å². The standard InChI is InChI=1S/C27H34N4O3S/c28-26(32)31-16-17-33-19-22(31)4-3-14-30(18-21-7-8-21)15-13-20-9-11-23(12-10-20)34-27-29-24-5-1-2-6-25(24)35-27/h1-2,5-6,9-12,21-22H,3-4,7-8,13-19H2,(H2,28,32). The first-order chi connectivity index (χ1) is 17.1. The van der Waals surface area contributed by atoms with Crippen LogP contribution < -0.4 is 10.5 Å². The fraction of sp³-hybridized carbons (Fsp3) is 0.481. The van der Waals surface area contributed by atoms with E-state index < -0.39 is 0 Å². The summed E-state index contributed by atoms with van der Waals surface area (Å²) < 4.78 is 12.7. The van der Waals surface area contributed by atoms with Gasteiger partial charge in [0.05, 0.1) is 29.5 Å². The average Bonchev–Trinajstić information content (AvgIpc) is 3.59. The molecule has 0 radical (unpaired) electrons. The predicted octanol–water partition coefficient (Wildman–Crippen LogP) is 4.90. The molecule has 8 heteroatoms. The molecule has 186 valence electrons. The first-order valence-electron chi connectivity index (χ1n) is 12.6. The molecule has 2 amide bonds. The van der Waals surface area contributed by atoms with Gasteiger partial charge in [0.15, 0.2) is 0 Å². The number of aromatic nitrogens is 1. The van der Waals surface area contributed by atoms with Gasteiger partial charge in [-0.3, -0.25) is 0 Å². The number of carbonyl (C=O) groups excluding carboxylic acids is 1. The maximum atomic E-state index is 11.7. The lowest BCUT2D eigenvalue weighted by Crippen LogP contribution is -2.51. The van der Waals surface area contributed by atoms with E-state index in [4.69, 9.17) is 15.2 Å². The molecular formula is C27H34N4O3S. The fourth-order valence-corrected chi connectivity index (χ4v) is 5.54. The number of thiazole rings is 1. The molecule has 1 saturated carbocycles. The van der Waals surface area contributed by atoms with Crippen molar-refractivity contribution in [1.82, 2.24) is 14.8 Å². The van der Waals surface area contributed by atoms with Gasteiger partial charge in [0.1, 0.15) is 5.75 Å². The fourth-order valence-electron chi connectivity index (χ4n) is 4.70. The Kier molecular flexibility index (Phi) is 7.81. The number of nitrogens with zero attached hydrogens (tertiary/aromatic N) is 3. The molecule has 2 heterocycles. The first-order valence-corrected chi connectivity index (χ1v) is 13.4. The first kappa shape index (κ1) is 24.0. The highest BCUT2D eigenvalue weighted by Crippen LogP contribution is 2.32. The third-order valence-electron chi connectivity index (χ3n) is 6.86. The van der Waals surface area contributed by atoms with Crippen molar-refractivity contribution < 1.29 is 14.3 Å². The maximum absolute atomic E-state index is 11.7. The Morgan fingerprint density at radius 3 is 2.77 bits per heavy atom. The molecule has 1 aliphatic heterocycles. The Morgan fingerprint density at radius 2 is 2.00 bits per heavy atom. The molecule has 1 aliphatic carbocycles. The smallest absolute Gasteiger partial charge is 0.315 e. The summed E-state index contributed by atoms with van der Waals surface area (Å²) in [4.78, 5) is 20.6. The van der Waals surface area contributed by atoms with Gasteiger partial charge < -0.3 is 25.0 Å². The van der Waals surface area contributed by atoms with Crippen molar-refractivity contribution in [3.05, 3.63) is 54.1 Å². The van der Waals surface area contributed by atoms with Crippen LogP contribution in [0.4, 0.5) is 4.79 Å². The number of benzene rings is 2. The van der Waals surface area contributed by atoms with Crippen LogP contribution in [-0.2, 0) is 11.2 Å². The molecule has 35 heavy (non-hydrogen) atoms. The van der Waals surface area contributed by atoms with Crippen LogP contribution in [0.1, 0.15) is 31.2 Å². The van der Waals surface area contributed by atoms with Crippen LogP contribution in [0.5, 0.6) is 10.9 Å². The second kappa shape index (κ2) is 11.4. The monoisotopic (exact) mass is 494 g/mol. The minimum atomic E-state index is -0.330. The number of hydrogen-bond donors (Lipinski definition) is 1. The van der Waals surface area contributed by atoms with E-state index in [1.54, 1.807) is 16.2 Å². The minimum absolute atomic E-state index is 0.104. The van der Waals surface area contributed by atoms with Gasteiger partial charge in [-0.15, -0.1) is 0 Å². The molecule has 1 atom stereocenters. The number of urea groups is 1. The van der Waals surface area contributed by atoms with Crippen molar-refractivity contribution in [3.63, 3.8) is 0 Å². The van der Waals surface area contributed by atoms with E-state index in [1.165, 1.54) is 24.9 Å². The van der Waals surface area contributed by atoms with Crippen LogP contribution in [0.25, 0.3) is 10.2 Å². The maximum Gasteiger partial charge on any atom is 0.315 e. The van der Waals surface area contributed by atoms with Crippen LogP contribution in [-0.4, -0.2) is 66.2 Å². The lowest BCUT2D eigenvalue weighted by molar-refractivity contribution is 0.0101. The van der Waals surface area contributed by atoms with Gasteiger partial charge in [0.25, 0.3) is 5.19 Å². The van der Waals surface area contributed by atoms with E-state index in [9.17, 15) is 4.79 Å².